The van der Waals surface area contributed by atoms with Crippen LogP contribution < -0.4 is 4.74 Å². The van der Waals surface area contributed by atoms with Crippen LogP contribution in [0, 0.1) is 0 Å². The highest BCUT2D eigenvalue weighted by atomic mass is 79.9. The van der Waals surface area contributed by atoms with Crippen LogP contribution in [0.3, 0.4) is 0 Å². The van der Waals surface area contributed by atoms with E-state index in [-0.39, 0.29) is 12.0 Å². The lowest BCUT2D eigenvalue weighted by Crippen LogP contribution is -2.49. The van der Waals surface area contributed by atoms with Crippen molar-refractivity contribution >= 4 is 50.7 Å². The molecule has 10 heteroatoms. The number of rotatable bonds is 7. The van der Waals surface area contributed by atoms with Gasteiger partial charge in [-0.3, -0.25) is 4.79 Å². The molecule has 2 aromatic rings. The summed E-state index contributed by atoms with van der Waals surface area (Å²) in [6.45, 7) is 0. The smallest absolute Gasteiger partial charge is 0.335 e. The fourth-order valence-electron chi connectivity index (χ4n) is 2.07. The second-order valence-corrected chi connectivity index (χ2v) is 6.15. The number of nitrogens with one attached hydrogen (secondary N) is 1. The molecule has 0 spiro atoms. The molecule has 0 unspecified atom stereocenters. The molecular weight excluding hydrogens is 410 g/mol. The van der Waals surface area contributed by atoms with Crippen molar-refractivity contribution in [3.05, 3.63) is 27.8 Å². The molecule has 0 saturated heterocycles. The summed E-state index contributed by atoms with van der Waals surface area (Å²) in [5.41, 5.74) is 0.600. The number of aliphatic carboxylic acids is 1. The molecule has 0 aliphatic carbocycles. The number of aromatic amines is 1. The predicted octanol–water partition coefficient (Wildman–Crippen LogP) is 0.697. The Labute approximate surface area is 148 Å². The van der Waals surface area contributed by atoms with Crippen molar-refractivity contribution in [1.82, 2.24) is 4.98 Å². The van der Waals surface area contributed by atoms with E-state index in [9.17, 15) is 24.9 Å². The van der Waals surface area contributed by atoms with Crippen LogP contribution in [0.5, 0.6) is 5.75 Å². The zero-order chi connectivity index (χ0) is 18.0. The van der Waals surface area contributed by atoms with Gasteiger partial charge in [0, 0.05) is 10.7 Å². The lowest BCUT2D eigenvalue weighted by molar-refractivity contribution is -0.162. The Morgan fingerprint density at radius 1 is 1.29 bits per heavy atom. The van der Waals surface area contributed by atoms with Gasteiger partial charge in [-0.15, -0.1) is 0 Å². The first kappa shape index (κ1) is 18.7. The van der Waals surface area contributed by atoms with Crippen LogP contribution in [0.25, 0.3) is 10.9 Å². The molecule has 130 valence electrons. The molecule has 2 rings (SSSR count). The van der Waals surface area contributed by atoms with E-state index in [1.807, 2.05) is 0 Å². The summed E-state index contributed by atoms with van der Waals surface area (Å²) in [5, 5.41) is 38.2. The maximum absolute atomic E-state index is 11.2. The van der Waals surface area contributed by atoms with E-state index in [4.69, 9.17) is 21.4 Å². The van der Waals surface area contributed by atoms with Crippen LogP contribution >= 0.6 is 27.5 Å². The summed E-state index contributed by atoms with van der Waals surface area (Å²) >= 11 is 9.42. The number of aliphatic hydroxyl groups is 3. The Bertz CT molecular complexity index is 765. The Kier molecular flexibility index (Phi) is 5.83. The summed E-state index contributed by atoms with van der Waals surface area (Å²) < 4.78 is 5.92. The van der Waals surface area contributed by atoms with Gasteiger partial charge in [-0.1, -0.05) is 11.6 Å². The average Bonchev–Trinajstić information content (AvgIpc) is 2.97. The van der Waals surface area contributed by atoms with Crippen LogP contribution in [0.2, 0.25) is 5.02 Å². The van der Waals surface area contributed by atoms with Crippen molar-refractivity contribution < 1.29 is 34.8 Å². The fraction of sp³-hybridized carbons (Fsp3) is 0.286. The molecule has 24 heavy (non-hydrogen) atoms. The first-order valence-electron chi connectivity index (χ1n) is 6.62. The first-order chi connectivity index (χ1) is 11.3. The number of aromatic nitrogens is 1. The van der Waals surface area contributed by atoms with Gasteiger partial charge in [0.2, 0.25) is 0 Å². The largest absolute Gasteiger partial charge is 0.479 e. The summed E-state index contributed by atoms with van der Waals surface area (Å²) in [5.74, 6) is -1.63. The number of hydrogen-bond acceptors (Lipinski definition) is 6. The summed E-state index contributed by atoms with van der Waals surface area (Å²) in [6, 6.07) is 3.40. The Morgan fingerprint density at radius 3 is 2.54 bits per heavy atom. The maximum atomic E-state index is 11.2. The van der Waals surface area contributed by atoms with Gasteiger partial charge in [0.15, 0.2) is 18.5 Å². The molecular formula is C14H13BrClNO7. The van der Waals surface area contributed by atoms with Gasteiger partial charge in [0.1, 0.15) is 18.0 Å². The van der Waals surface area contributed by atoms with Crippen LogP contribution in [0.15, 0.2) is 22.8 Å². The van der Waals surface area contributed by atoms with Crippen molar-refractivity contribution in [2.45, 2.75) is 24.4 Å². The van der Waals surface area contributed by atoms with E-state index in [1.54, 1.807) is 12.1 Å². The number of carbonyl (C=O) groups is 2. The van der Waals surface area contributed by atoms with E-state index < -0.39 is 30.4 Å². The van der Waals surface area contributed by atoms with E-state index >= 15 is 0 Å². The van der Waals surface area contributed by atoms with Gasteiger partial charge in [-0.2, -0.15) is 0 Å². The zero-order valence-corrected chi connectivity index (χ0v) is 14.2. The average molecular weight is 423 g/mol. The van der Waals surface area contributed by atoms with Gasteiger partial charge in [0.25, 0.3) is 0 Å². The second kappa shape index (κ2) is 7.49. The normalized spacial score (nSPS) is 16.4. The van der Waals surface area contributed by atoms with E-state index in [2.05, 4.69) is 20.9 Å². The van der Waals surface area contributed by atoms with Crippen LogP contribution in [-0.4, -0.2) is 62.1 Å². The number of hydrogen-bond donors (Lipinski definition) is 5. The molecule has 4 atom stereocenters. The van der Waals surface area contributed by atoms with Crippen molar-refractivity contribution in [3.63, 3.8) is 0 Å². The van der Waals surface area contributed by atoms with Crippen molar-refractivity contribution in [2.75, 3.05) is 0 Å². The minimum absolute atomic E-state index is 0.115. The van der Waals surface area contributed by atoms with Crippen LogP contribution in [0.4, 0.5) is 0 Å². The van der Waals surface area contributed by atoms with Crippen molar-refractivity contribution in [3.8, 4) is 5.75 Å². The highest BCUT2D eigenvalue weighted by Crippen LogP contribution is 2.37. The van der Waals surface area contributed by atoms with Crippen LogP contribution in [-0.2, 0) is 9.59 Å². The zero-order valence-electron chi connectivity index (χ0n) is 11.9. The van der Waals surface area contributed by atoms with E-state index in [1.165, 1.54) is 6.20 Å². The lowest BCUT2D eigenvalue weighted by Gasteiger charge is -2.25. The second-order valence-electron chi connectivity index (χ2n) is 4.92. The number of halogens is 2. The molecule has 1 aromatic carbocycles. The Balaban J connectivity index is 2.29. The number of aliphatic hydroxyl groups excluding tert-OH is 3. The van der Waals surface area contributed by atoms with Gasteiger partial charge in [-0.05, 0) is 28.1 Å². The molecule has 0 fully saturated rings. The highest BCUT2D eigenvalue weighted by molar-refractivity contribution is 9.10. The van der Waals surface area contributed by atoms with Crippen molar-refractivity contribution in [1.29, 1.82) is 0 Å². The van der Waals surface area contributed by atoms with Crippen LogP contribution in [0.1, 0.15) is 0 Å². The predicted molar refractivity (Wildman–Crippen MR) is 87.1 cm³/mol. The quantitative estimate of drug-likeness (QED) is 0.414. The molecule has 0 bridgehead atoms. The number of carboxylic acid groups (broad SMARTS) is 1. The maximum Gasteiger partial charge on any atom is 0.335 e. The minimum atomic E-state index is -2.27. The summed E-state index contributed by atoms with van der Waals surface area (Å²) in [7, 11) is 0. The van der Waals surface area contributed by atoms with Gasteiger partial charge < -0.3 is 30.1 Å². The SMILES string of the molecule is O=C[C@H](Oc1c[nH]c2ccc(Br)c(Cl)c12)[C@@H](O)[C@H](O)[C@H](O)C(=O)O. The summed E-state index contributed by atoms with van der Waals surface area (Å²) in [6.07, 6.45) is -6.40. The highest BCUT2D eigenvalue weighted by Gasteiger charge is 2.36. The number of ether oxygens (including phenoxy) is 1. The molecule has 5 N–H and O–H groups in total. The Morgan fingerprint density at radius 2 is 1.96 bits per heavy atom. The van der Waals surface area contributed by atoms with Gasteiger partial charge in [-0.25, -0.2) is 4.79 Å². The third kappa shape index (κ3) is 3.55. The fourth-order valence-corrected chi connectivity index (χ4v) is 2.66. The minimum Gasteiger partial charge on any atom is -0.479 e. The Hall–Kier alpha value is -1.65. The van der Waals surface area contributed by atoms with Crippen molar-refractivity contribution in [2.24, 2.45) is 0 Å². The molecule has 1 aromatic heterocycles. The number of fused-ring (bicyclic) bond motifs is 1. The third-order valence-corrected chi connectivity index (χ3v) is 4.64. The molecule has 8 nitrogen and oxygen atoms in total. The summed E-state index contributed by atoms with van der Waals surface area (Å²) in [4.78, 5) is 24.7. The molecule has 0 aliphatic heterocycles. The number of aldehydes is 1. The molecule has 0 saturated carbocycles. The molecule has 0 amide bonds. The molecule has 1 heterocycles. The van der Waals surface area contributed by atoms with Gasteiger partial charge in [0.05, 0.1) is 15.9 Å². The van der Waals surface area contributed by atoms with E-state index in [0.29, 0.717) is 20.4 Å². The topological polar surface area (TPSA) is 140 Å². The number of carboxylic acids is 1. The standard InChI is InChI=1S/C14H13BrClNO7/c15-5-1-2-6-9(10(5)16)7(3-17-6)24-8(4-18)11(19)12(20)13(21)14(22)23/h1-4,8,11-13,17,19-21H,(H,22,23)/t8-,11+,12-,13-/m0/s1. The monoisotopic (exact) mass is 421 g/mol. The first-order valence-corrected chi connectivity index (χ1v) is 7.79. The number of carbonyl (C=O) groups excluding carboxylic acids is 1. The lowest BCUT2D eigenvalue weighted by atomic mass is 10.0. The molecule has 0 aliphatic rings. The third-order valence-electron chi connectivity index (χ3n) is 3.36. The van der Waals surface area contributed by atoms with E-state index in [0.717, 1.165) is 0 Å². The number of benzene rings is 1. The van der Waals surface area contributed by atoms with Gasteiger partial charge >= 0.3 is 5.97 Å². The number of H-pyrrole nitrogens is 1. The molecule has 0 radical (unpaired) electrons.